The number of nitro groups is 1. The number of hydrogen-bond donors (Lipinski definition) is 1. The van der Waals surface area contributed by atoms with Crippen LogP contribution < -0.4 is 5.32 Å². The maximum absolute atomic E-state index is 12.9. The second kappa shape index (κ2) is 6.41. The zero-order valence-electron chi connectivity index (χ0n) is 12.2. The number of non-ortho nitro benzene ring substituents is 1. The smallest absolute Gasteiger partial charge is 0.345 e. The fourth-order valence-corrected chi connectivity index (χ4v) is 3.66. The highest BCUT2D eigenvalue weighted by molar-refractivity contribution is 7.20. The van der Waals surface area contributed by atoms with E-state index in [1.54, 1.807) is 0 Å². The van der Waals surface area contributed by atoms with Gasteiger partial charge in [-0.2, -0.15) is 13.2 Å². The summed E-state index contributed by atoms with van der Waals surface area (Å²) < 4.78 is 38.6. The maximum atomic E-state index is 12.9. The Morgan fingerprint density at radius 1 is 1.36 bits per heavy atom. The highest BCUT2D eigenvalue weighted by Gasteiger charge is 2.34. The van der Waals surface area contributed by atoms with Gasteiger partial charge in [-0.05, 0) is 17.5 Å². The van der Waals surface area contributed by atoms with Crippen LogP contribution in [0.4, 0.5) is 18.9 Å². The van der Waals surface area contributed by atoms with Crippen molar-refractivity contribution in [1.82, 2.24) is 10.3 Å². The average molecular weight is 387 g/mol. The Kier molecular flexibility index (Phi) is 4.43. The first-order valence-corrected chi connectivity index (χ1v) is 8.42. The van der Waals surface area contributed by atoms with E-state index in [1.165, 1.54) is 11.3 Å². The number of carbonyl (C=O) groups excluding carboxylic acids is 1. The molecule has 1 aromatic carbocycles. The molecule has 6 nitrogen and oxygen atoms in total. The molecule has 1 N–H and O–H groups in total. The van der Waals surface area contributed by atoms with E-state index in [0.717, 1.165) is 4.88 Å². The first-order valence-electron chi connectivity index (χ1n) is 6.72. The second-order valence-corrected chi connectivity index (χ2v) is 6.91. The quantitative estimate of drug-likeness (QED) is 0.537. The number of alkyl halides is 3. The lowest BCUT2D eigenvalue weighted by Crippen LogP contribution is -2.21. The van der Waals surface area contributed by atoms with E-state index in [0.29, 0.717) is 23.5 Å². The summed E-state index contributed by atoms with van der Waals surface area (Å²) in [7, 11) is 0. The molecule has 0 saturated carbocycles. The van der Waals surface area contributed by atoms with Gasteiger partial charge in [0.05, 0.1) is 22.5 Å². The standard InChI is InChI=1S/C14H8F3N3O3S2/c15-14(16,17)7-4-9-11(10(5-7)20(22)23)25-13(19-9)12(21)18-6-8-2-1-3-24-8/h1-5H,6H2,(H,18,21). The van der Waals surface area contributed by atoms with Gasteiger partial charge < -0.3 is 5.32 Å². The summed E-state index contributed by atoms with van der Waals surface area (Å²) in [4.78, 5) is 27.0. The molecule has 25 heavy (non-hydrogen) atoms. The van der Waals surface area contributed by atoms with E-state index in [9.17, 15) is 28.1 Å². The molecule has 0 atom stereocenters. The zero-order valence-corrected chi connectivity index (χ0v) is 13.8. The number of thiazole rings is 1. The molecule has 0 saturated heterocycles. The van der Waals surface area contributed by atoms with E-state index in [1.807, 2.05) is 17.5 Å². The van der Waals surface area contributed by atoms with Gasteiger partial charge in [0.1, 0.15) is 4.70 Å². The third-order valence-electron chi connectivity index (χ3n) is 3.19. The Labute approximate surface area is 146 Å². The molecule has 1 amide bonds. The summed E-state index contributed by atoms with van der Waals surface area (Å²) in [6, 6.07) is 4.78. The molecule has 11 heteroatoms. The minimum atomic E-state index is -4.75. The number of nitrogens with one attached hydrogen (secondary N) is 1. The number of halogens is 3. The molecule has 0 bridgehead atoms. The van der Waals surface area contributed by atoms with Crippen LogP contribution in [0.15, 0.2) is 29.6 Å². The Bertz CT molecular complexity index is 952. The molecule has 3 rings (SSSR count). The number of fused-ring (bicyclic) bond motifs is 1. The molecule has 2 heterocycles. The van der Waals surface area contributed by atoms with Crippen molar-refractivity contribution in [3.05, 3.63) is 55.2 Å². The van der Waals surface area contributed by atoms with Gasteiger partial charge in [-0.1, -0.05) is 6.07 Å². The molecule has 130 valence electrons. The fraction of sp³-hybridized carbons (Fsp3) is 0.143. The highest BCUT2D eigenvalue weighted by Crippen LogP contribution is 2.38. The lowest BCUT2D eigenvalue weighted by molar-refractivity contribution is -0.383. The lowest BCUT2D eigenvalue weighted by atomic mass is 10.2. The Hall–Kier alpha value is -2.53. The molecule has 0 radical (unpaired) electrons. The van der Waals surface area contributed by atoms with Gasteiger partial charge in [0.2, 0.25) is 0 Å². The van der Waals surface area contributed by atoms with Crippen LogP contribution in [0.1, 0.15) is 20.2 Å². The van der Waals surface area contributed by atoms with Gasteiger partial charge in [-0.25, -0.2) is 4.98 Å². The summed E-state index contributed by atoms with van der Waals surface area (Å²) >= 11 is 2.12. The zero-order chi connectivity index (χ0) is 18.2. The van der Waals surface area contributed by atoms with Crippen molar-refractivity contribution in [2.45, 2.75) is 12.7 Å². The van der Waals surface area contributed by atoms with Crippen LogP contribution in [0.2, 0.25) is 0 Å². The number of benzene rings is 1. The van der Waals surface area contributed by atoms with Crippen LogP contribution in [0.5, 0.6) is 0 Å². The van der Waals surface area contributed by atoms with Crippen molar-refractivity contribution >= 4 is 44.5 Å². The molecular weight excluding hydrogens is 379 g/mol. The predicted molar refractivity (Wildman–Crippen MR) is 86.8 cm³/mol. The van der Waals surface area contributed by atoms with Crippen LogP contribution in [-0.4, -0.2) is 15.8 Å². The summed E-state index contributed by atoms with van der Waals surface area (Å²) in [6.45, 7) is 0.238. The van der Waals surface area contributed by atoms with Gasteiger partial charge in [-0.15, -0.1) is 22.7 Å². The van der Waals surface area contributed by atoms with Gasteiger partial charge in [0.15, 0.2) is 5.01 Å². The molecule has 3 aromatic rings. The fourth-order valence-electron chi connectivity index (χ4n) is 2.07. The number of nitrogens with zero attached hydrogens (tertiary/aromatic N) is 2. The molecular formula is C14H8F3N3O3S2. The molecule has 0 aliphatic rings. The normalized spacial score (nSPS) is 11.6. The third kappa shape index (κ3) is 3.61. The van der Waals surface area contributed by atoms with Gasteiger partial charge in [-0.3, -0.25) is 14.9 Å². The number of thiophene rings is 1. The van der Waals surface area contributed by atoms with E-state index >= 15 is 0 Å². The predicted octanol–water partition coefficient (Wildman–Crippen LogP) is 4.21. The molecule has 0 aliphatic carbocycles. The summed E-state index contributed by atoms with van der Waals surface area (Å²) in [6.07, 6.45) is -4.75. The topological polar surface area (TPSA) is 85.1 Å². The molecule has 0 spiro atoms. The Morgan fingerprint density at radius 2 is 2.12 bits per heavy atom. The van der Waals surface area contributed by atoms with E-state index < -0.39 is 28.3 Å². The first kappa shape index (κ1) is 17.3. The number of rotatable bonds is 4. The number of hydrogen-bond acceptors (Lipinski definition) is 6. The Morgan fingerprint density at radius 3 is 2.72 bits per heavy atom. The van der Waals surface area contributed by atoms with Crippen LogP contribution in [-0.2, 0) is 12.7 Å². The van der Waals surface area contributed by atoms with Crippen molar-refractivity contribution in [1.29, 1.82) is 0 Å². The largest absolute Gasteiger partial charge is 0.416 e. The van der Waals surface area contributed by atoms with Crippen LogP contribution >= 0.6 is 22.7 Å². The third-order valence-corrected chi connectivity index (χ3v) is 5.16. The first-order chi connectivity index (χ1) is 11.8. The maximum Gasteiger partial charge on any atom is 0.416 e. The highest BCUT2D eigenvalue weighted by atomic mass is 32.1. The average Bonchev–Trinajstić information content (AvgIpc) is 3.19. The number of carbonyl (C=O) groups is 1. The SMILES string of the molecule is O=C(NCc1cccs1)c1nc2cc(C(F)(F)F)cc([N+](=O)[O-])c2s1. The van der Waals surface area contributed by atoms with Crippen molar-refractivity contribution in [3.8, 4) is 0 Å². The van der Waals surface area contributed by atoms with Gasteiger partial charge in [0, 0.05) is 10.9 Å². The van der Waals surface area contributed by atoms with Gasteiger partial charge in [0.25, 0.3) is 11.6 Å². The van der Waals surface area contributed by atoms with Crippen LogP contribution in [0.25, 0.3) is 10.2 Å². The lowest BCUT2D eigenvalue weighted by Gasteiger charge is -2.05. The Balaban J connectivity index is 1.96. The van der Waals surface area contributed by atoms with Crippen molar-refractivity contribution in [3.63, 3.8) is 0 Å². The number of aromatic nitrogens is 1. The second-order valence-electron chi connectivity index (χ2n) is 4.88. The molecule has 0 unspecified atom stereocenters. The van der Waals surface area contributed by atoms with Crippen molar-refractivity contribution < 1.29 is 22.9 Å². The summed E-state index contributed by atoms with van der Waals surface area (Å²) in [5.41, 5.74) is -2.13. The van der Waals surface area contributed by atoms with Crippen molar-refractivity contribution in [2.75, 3.05) is 0 Å². The van der Waals surface area contributed by atoms with Crippen LogP contribution in [0, 0.1) is 10.1 Å². The van der Waals surface area contributed by atoms with E-state index in [-0.39, 0.29) is 21.8 Å². The monoisotopic (exact) mass is 387 g/mol. The minimum Gasteiger partial charge on any atom is -0.345 e. The number of nitro benzene ring substituents is 1. The molecule has 0 fully saturated rings. The molecule has 2 aromatic heterocycles. The van der Waals surface area contributed by atoms with Crippen molar-refractivity contribution in [2.24, 2.45) is 0 Å². The van der Waals surface area contributed by atoms with Gasteiger partial charge >= 0.3 is 6.18 Å². The van der Waals surface area contributed by atoms with Crippen LogP contribution in [0.3, 0.4) is 0 Å². The van der Waals surface area contributed by atoms with E-state index in [4.69, 9.17) is 0 Å². The number of amides is 1. The van der Waals surface area contributed by atoms with E-state index in [2.05, 4.69) is 10.3 Å². The summed E-state index contributed by atoms with van der Waals surface area (Å²) in [5, 5.41) is 15.4. The minimum absolute atomic E-state index is 0.0701. The molecule has 0 aliphatic heterocycles. The summed E-state index contributed by atoms with van der Waals surface area (Å²) in [5.74, 6) is -0.600.